The molecule has 0 fully saturated rings. The molecule has 2 N–H and O–H groups in total. The molecule has 0 aliphatic carbocycles. The van der Waals surface area contributed by atoms with Crippen molar-refractivity contribution in [1.82, 2.24) is 5.32 Å². The Labute approximate surface area is 128 Å². The first kappa shape index (κ1) is 15.5. The largest absolute Gasteiger partial charge is 0.619 e. The quantitative estimate of drug-likeness (QED) is 0.643. The van der Waals surface area contributed by atoms with Gasteiger partial charge in [-0.05, 0) is 18.1 Å². The number of hydrogen-bond donors (Lipinski definition) is 2. The lowest BCUT2D eigenvalue weighted by atomic mass is 10.1. The highest BCUT2D eigenvalue weighted by Crippen LogP contribution is 2.14. The molecule has 0 bridgehead atoms. The van der Waals surface area contributed by atoms with E-state index < -0.39 is 5.91 Å². The molecule has 0 radical (unpaired) electrons. The number of aryl methyl sites for hydroxylation is 1. The Bertz CT molecular complexity index is 669. The van der Waals surface area contributed by atoms with E-state index in [-0.39, 0.29) is 12.5 Å². The fraction of sp³-hybridized carbons (Fsp3) is 0.188. The molecule has 114 valence electrons. The van der Waals surface area contributed by atoms with Crippen LogP contribution in [-0.2, 0) is 11.2 Å². The van der Waals surface area contributed by atoms with Crippen molar-refractivity contribution in [2.45, 2.75) is 13.3 Å². The van der Waals surface area contributed by atoms with Gasteiger partial charge in [0.2, 0.25) is 5.91 Å². The molecule has 0 aliphatic heterocycles. The van der Waals surface area contributed by atoms with Crippen molar-refractivity contribution in [3.8, 4) is 0 Å². The van der Waals surface area contributed by atoms with Crippen molar-refractivity contribution in [2.75, 3.05) is 11.9 Å². The van der Waals surface area contributed by atoms with Gasteiger partial charge in [0.1, 0.15) is 0 Å². The summed E-state index contributed by atoms with van der Waals surface area (Å²) >= 11 is 0. The van der Waals surface area contributed by atoms with Gasteiger partial charge in [0, 0.05) is 17.8 Å². The highest BCUT2D eigenvalue weighted by molar-refractivity contribution is 5.99. The van der Waals surface area contributed by atoms with E-state index in [0.717, 1.165) is 17.7 Å². The van der Waals surface area contributed by atoms with Crippen LogP contribution in [0.3, 0.4) is 0 Å². The molecule has 2 aromatic rings. The van der Waals surface area contributed by atoms with Crippen LogP contribution in [0.4, 0.5) is 5.69 Å². The van der Waals surface area contributed by atoms with E-state index in [4.69, 9.17) is 0 Å². The van der Waals surface area contributed by atoms with Crippen molar-refractivity contribution in [3.05, 3.63) is 65.1 Å². The number of nitrogens with zero attached hydrogens (tertiary/aromatic N) is 1. The van der Waals surface area contributed by atoms with Gasteiger partial charge in [-0.2, -0.15) is 4.73 Å². The van der Waals surface area contributed by atoms with Crippen LogP contribution in [0.15, 0.2) is 48.8 Å². The molecule has 6 heteroatoms. The van der Waals surface area contributed by atoms with Gasteiger partial charge in [0.25, 0.3) is 5.91 Å². The second kappa shape index (κ2) is 7.21. The summed E-state index contributed by atoms with van der Waals surface area (Å²) in [5.41, 5.74) is 2.11. The molecule has 2 rings (SSSR count). The second-order valence-corrected chi connectivity index (χ2v) is 4.69. The lowest BCUT2D eigenvalue weighted by Gasteiger charge is -2.10. The highest BCUT2D eigenvalue weighted by Gasteiger charge is 2.10. The van der Waals surface area contributed by atoms with E-state index >= 15 is 0 Å². The number of carbonyl (C=O) groups excluding carboxylic acids is 2. The highest BCUT2D eigenvalue weighted by atomic mass is 16.5. The van der Waals surface area contributed by atoms with Gasteiger partial charge in [0.05, 0.1) is 12.1 Å². The molecule has 1 aromatic heterocycles. The maximum atomic E-state index is 11.9. The summed E-state index contributed by atoms with van der Waals surface area (Å²) in [6.07, 6.45) is 3.26. The number of hydrogen-bond acceptors (Lipinski definition) is 3. The Morgan fingerprint density at radius 3 is 2.50 bits per heavy atom. The predicted molar refractivity (Wildman–Crippen MR) is 82.2 cm³/mol. The summed E-state index contributed by atoms with van der Waals surface area (Å²) < 4.78 is 0.588. The topological polar surface area (TPSA) is 85.1 Å². The predicted octanol–water partition coefficient (Wildman–Crippen LogP) is 1.25. The summed E-state index contributed by atoms with van der Waals surface area (Å²) in [5, 5.41) is 16.2. The minimum atomic E-state index is -0.403. The third-order valence-electron chi connectivity index (χ3n) is 3.15. The summed E-state index contributed by atoms with van der Waals surface area (Å²) in [5.74, 6) is -0.705. The lowest BCUT2D eigenvalue weighted by molar-refractivity contribution is -0.605. The zero-order valence-electron chi connectivity index (χ0n) is 12.2. The van der Waals surface area contributed by atoms with Crippen molar-refractivity contribution >= 4 is 17.5 Å². The Hall–Kier alpha value is -2.89. The average molecular weight is 299 g/mol. The fourth-order valence-electron chi connectivity index (χ4n) is 1.97. The van der Waals surface area contributed by atoms with Gasteiger partial charge >= 0.3 is 0 Å². The number of para-hydroxylation sites is 1. The maximum absolute atomic E-state index is 11.9. The van der Waals surface area contributed by atoms with Crippen molar-refractivity contribution in [3.63, 3.8) is 0 Å². The molecule has 0 unspecified atom stereocenters. The Morgan fingerprint density at radius 2 is 1.82 bits per heavy atom. The fourth-order valence-corrected chi connectivity index (χ4v) is 1.97. The summed E-state index contributed by atoms with van der Waals surface area (Å²) in [6, 6.07) is 10.3. The number of carbonyl (C=O) groups is 2. The van der Waals surface area contributed by atoms with Crippen molar-refractivity contribution in [2.24, 2.45) is 0 Å². The number of pyridine rings is 1. The molecule has 1 aromatic carbocycles. The van der Waals surface area contributed by atoms with Crippen molar-refractivity contribution in [1.29, 1.82) is 0 Å². The van der Waals surface area contributed by atoms with Crippen LogP contribution in [0.5, 0.6) is 0 Å². The Morgan fingerprint density at radius 1 is 1.14 bits per heavy atom. The van der Waals surface area contributed by atoms with E-state index in [9.17, 15) is 14.8 Å². The third kappa shape index (κ3) is 4.05. The van der Waals surface area contributed by atoms with Crippen LogP contribution < -0.4 is 15.4 Å². The standard InChI is InChI=1S/C16H17N3O3/c1-2-12-5-3-4-6-14(12)18-15(20)11-17-16(21)13-7-9-19(22)10-8-13/h3-10H,2,11H2,1H3,(H,17,21)(H,18,20). The van der Waals surface area contributed by atoms with Gasteiger partial charge in [0.15, 0.2) is 12.4 Å². The number of anilines is 1. The SMILES string of the molecule is CCc1ccccc1NC(=O)CNC(=O)c1cc[n+]([O-])cc1. The van der Waals surface area contributed by atoms with Crippen LogP contribution in [0.1, 0.15) is 22.8 Å². The van der Waals surface area contributed by atoms with Crippen LogP contribution in [0.2, 0.25) is 0 Å². The molecule has 0 aliphatic rings. The van der Waals surface area contributed by atoms with Gasteiger partial charge in [-0.3, -0.25) is 9.59 Å². The minimum Gasteiger partial charge on any atom is -0.619 e. The number of benzene rings is 1. The number of aromatic nitrogens is 1. The maximum Gasteiger partial charge on any atom is 0.252 e. The molecule has 0 atom stereocenters. The summed E-state index contributed by atoms with van der Waals surface area (Å²) in [6.45, 7) is 1.87. The third-order valence-corrected chi connectivity index (χ3v) is 3.15. The first-order valence-electron chi connectivity index (χ1n) is 6.95. The van der Waals surface area contributed by atoms with Crippen LogP contribution >= 0.6 is 0 Å². The van der Waals surface area contributed by atoms with Gasteiger partial charge in [-0.25, -0.2) is 0 Å². The number of nitrogens with one attached hydrogen (secondary N) is 2. The monoisotopic (exact) mass is 299 g/mol. The van der Waals surface area contributed by atoms with E-state index in [1.807, 2.05) is 31.2 Å². The van der Waals surface area contributed by atoms with E-state index in [2.05, 4.69) is 10.6 Å². The van der Waals surface area contributed by atoms with Gasteiger partial charge < -0.3 is 15.8 Å². The molecule has 2 amide bonds. The zero-order chi connectivity index (χ0) is 15.9. The normalized spacial score (nSPS) is 10.0. The Balaban J connectivity index is 1.90. The number of amides is 2. The molecule has 0 saturated carbocycles. The van der Waals surface area contributed by atoms with E-state index in [1.165, 1.54) is 24.5 Å². The molecule has 0 spiro atoms. The lowest BCUT2D eigenvalue weighted by Crippen LogP contribution is -2.33. The summed E-state index contributed by atoms with van der Waals surface area (Å²) in [4.78, 5) is 23.7. The van der Waals surface area contributed by atoms with Crippen LogP contribution in [-0.4, -0.2) is 18.4 Å². The molecular weight excluding hydrogens is 282 g/mol. The second-order valence-electron chi connectivity index (χ2n) is 4.69. The first-order chi connectivity index (χ1) is 10.6. The Kier molecular flexibility index (Phi) is 5.08. The minimum absolute atomic E-state index is 0.136. The molecular formula is C16H17N3O3. The average Bonchev–Trinajstić information content (AvgIpc) is 2.54. The molecule has 0 saturated heterocycles. The zero-order valence-corrected chi connectivity index (χ0v) is 12.2. The molecule has 1 heterocycles. The molecule has 22 heavy (non-hydrogen) atoms. The van der Waals surface area contributed by atoms with Gasteiger partial charge in [-0.15, -0.1) is 0 Å². The van der Waals surface area contributed by atoms with E-state index in [0.29, 0.717) is 10.3 Å². The van der Waals surface area contributed by atoms with Gasteiger partial charge in [-0.1, -0.05) is 25.1 Å². The first-order valence-corrected chi connectivity index (χ1v) is 6.95. The molecule has 6 nitrogen and oxygen atoms in total. The van der Waals surface area contributed by atoms with Crippen LogP contribution in [0.25, 0.3) is 0 Å². The van der Waals surface area contributed by atoms with Crippen molar-refractivity contribution < 1.29 is 14.3 Å². The van der Waals surface area contributed by atoms with E-state index in [1.54, 1.807) is 0 Å². The van der Waals surface area contributed by atoms with Crippen LogP contribution in [0, 0.1) is 5.21 Å². The number of rotatable bonds is 5. The summed E-state index contributed by atoms with van der Waals surface area (Å²) in [7, 11) is 0. The smallest absolute Gasteiger partial charge is 0.252 e.